The Bertz CT molecular complexity index is 1220. The van der Waals surface area contributed by atoms with E-state index < -0.39 is 11.4 Å². The van der Waals surface area contributed by atoms with E-state index in [1.807, 2.05) is 63.4 Å². The molecule has 3 rings (SSSR count). The van der Waals surface area contributed by atoms with Gasteiger partial charge in [-0.3, -0.25) is 9.59 Å². The quantitative estimate of drug-likeness (QED) is 0.314. The molecule has 3 aromatic rings. The smallest absolute Gasteiger partial charge is 0.254 e. The van der Waals surface area contributed by atoms with E-state index in [9.17, 15) is 14.0 Å². The topological polar surface area (TPSA) is 64.0 Å². The van der Waals surface area contributed by atoms with Crippen LogP contribution in [0, 0.1) is 5.82 Å². The first-order chi connectivity index (χ1) is 18.1. The first kappa shape index (κ1) is 28.9. The number of hydrogen-bond donors (Lipinski definition) is 0. The molecule has 38 heavy (non-hydrogen) atoms. The molecule has 0 unspecified atom stereocenters. The van der Waals surface area contributed by atoms with E-state index in [1.165, 1.54) is 23.1 Å². The number of methoxy groups -OCH3 is 2. The van der Waals surface area contributed by atoms with Crippen LogP contribution in [0.1, 0.15) is 48.8 Å². The van der Waals surface area contributed by atoms with Gasteiger partial charge >= 0.3 is 0 Å². The van der Waals surface area contributed by atoms with Gasteiger partial charge in [-0.15, -0.1) is 0 Å². The molecule has 1 aromatic heterocycles. The van der Waals surface area contributed by atoms with Gasteiger partial charge in [-0.1, -0.05) is 18.2 Å². The van der Waals surface area contributed by atoms with Crippen LogP contribution in [0.5, 0.6) is 5.75 Å². The van der Waals surface area contributed by atoms with E-state index in [1.54, 1.807) is 25.2 Å². The molecule has 2 amide bonds. The number of nitrogens with zero attached hydrogens (tertiary/aromatic N) is 3. The molecule has 8 heteroatoms. The molecule has 204 valence electrons. The molecule has 2 aromatic carbocycles. The Morgan fingerprint density at radius 1 is 1.00 bits per heavy atom. The zero-order valence-electron chi connectivity index (χ0n) is 22.9. The number of carbonyl (C=O) groups excluding carboxylic acids is 2. The van der Waals surface area contributed by atoms with E-state index >= 15 is 0 Å². The maximum Gasteiger partial charge on any atom is 0.254 e. The van der Waals surface area contributed by atoms with Gasteiger partial charge in [0.1, 0.15) is 18.1 Å². The third-order valence-corrected chi connectivity index (χ3v) is 6.30. The number of amides is 2. The molecule has 0 atom stereocenters. The molecule has 7 nitrogen and oxygen atoms in total. The number of carbonyl (C=O) groups is 2. The number of halogens is 1. The normalized spacial score (nSPS) is 11.3. The molecule has 0 N–H and O–H groups in total. The summed E-state index contributed by atoms with van der Waals surface area (Å²) in [5.74, 6) is -0.274. The minimum absolute atomic E-state index is 0.118. The van der Waals surface area contributed by atoms with Crippen molar-refractivity contribution in [2.75, 3.05) is 33.9 Å². The van der Waals surface area contributed by atoms with Crippen LogP contribution in [0.4, 0.5) is 4.39 Å². The van der Waals surface area contributed by atoms with E-state index in [4.69, 9.17) is 9.47 Å². The van der Waals surface area contributed by atoms with E-state index in [-0.39, 0.29) is 23.9 Å². The van der Waals surface area contributed by atoms with Crippen LogP contribution in [0.15, 0.2) is 66.9 Å². The number of aromatic nitrogens is 1. The summed E-state index contributed by atoms with van der Waals surface area (Å²) >= 11 is 0. The third-order valence-electron chi connectivity index (χ3n) is 6.30. The van der Waals surface area contributed by atoms with E-state index in [2.05, 4.69) is 4.57 Å². The highest BCUT2D eigenvalue weighted by Gasteiger charge is 2.30. The summed E-state index contributed by atoms with van der Waals surface area (Å²) in [6.07, 6.45) is 2.55. The van der Waals surface area contributed by atoms with Crippen molar-refractivity contribution in [3.05, 3.63) is 89.5 Å². The zero-order chi connectivity index (χ0) is 27.7. The van der Waals surface area contributed by atoms with E-state index in [0.717, 1.165) is 17.0 Å². The van der Waals surface area contributed by atoms with Crippen molar-refractivity contribution in [3.63, 3.8) is 0 Å². The molecule has 0 radical (unpaired) electrons. The second-order valence-corrected chi connectivity index (χ2v) is 10.2. The Kier molecular flexibility index (Phi) is 10.1. The van der Waals surface area contributed by atoms with Crippen LogP contribution in [0.3, 0.4) is 0 Å². The van der Waals surface area contributed by atoms with Gasteiger partial charge in [0.25, 0.3) is 5.91 Å². The van der Waals surface area contributed by atoms with Crippen molar-refractivity contribution in [1.82, 2.24) is 14.4 Å². The summed E-state index contributed by atoms with van der Waals surface area (Å²) in [5, 5.41) is 0. The lowest BCUT2D eigenvalue weighted by molar-refractivity contribution is -0.137. The van der Waals surface area contributed by atoms with Gasteiger partial charge in [-0.25, -0.2) is 4.39 Å². The molecule has 0 aliphatic heterocycles. The average Bonchev–Trinajstić information content (AvgIpc) is 3.32. The molecule has 1 heterocycles. The predicted octanol–water partition coefficient (Wildman–Crippen LogP) is 4.99. The third kappa shape index (κ3) is 7.92. The summed E-state index contributed by atoms with van der Waals surface area (Å²) in [5.41, 5.74) is 1.77. The van der Waals surface area contributed by atoms with Gasteiger partial charge in [-0.05, 0) is 75.2 Å². The predicted molar refractivity (Wildman–Crippen MR) is 146 cm³/mol. The second kappa shape index (κ2) is 13.2. The molecule has 0 aliphatic carbocycles. The lowest BCUT2D eigenvalue weighted by Crippen LogP contribution is -2.50. The zero-order valence-corrected chi connectivity index (χ0v) is 22.9. The Hall–Kier alpha value is -3.65. The molecule has 0 saturated heterocycles. The van der Waals surface area contributed by atoms with Crippen LogP contribution >= 0.6 is 0 Å². The van der Waals surface area contributed by atoms with E-state index in [0.29, 0.717) is 32.7 Å². The minimum atomic E-state index is -0.498. The number of rotatable bonds is 12. The van der Waals surface area contributed by atoms with Gasteiger partial charge in [0.2, 0.25) is 5.91 Å². The van der Waals surface area contributed by atoms with Crippen molar-refractivity contribution < 1.29 is 23.5 Å². The molecule has 0 spiro atoms. The monoisotopic (exact) mass is 523 g/mol. The average molecular weight is 524 g/mol. The molecule has 0 saturated carbocycles. The van der Waals surface area contributed by atoms with Crippen LogP contribution in [0.25, 0.3) is 0 Å². The highest BCUT2D eigenvalue weighted by atomic mass is 19.1. The molecular weight excluding hydrogens is 485 g/mol. The van der Waals surface area contributed by atoms with Crippen molar-refractivity contribution >= 4 is 11.8 Å². The van der Waals surface area contributed by atoms with Crippen molar-refractivity contribution in [2.45, 2.75) is 45.8 Å². The van der Waals surface area contributed by atoms with Crippen molar-refractivity contribution in [1.29, 1.82) is 0 Å². The van der Waals surface area contributed by atoms with Crippen LogP contribution in [0.2, 0.25) is 0 Å². The molecule has 0 fully saturated rings. The minimum Gasteiger partial charge on any atom is -0.497 e. The highest BCUT2D eigenvalue weighted by Crippen LogP contribution is 2.21. The summed E-state index contributed by atoms with van der Waals surface area (Å²) in [7, 11) is 3.23. The Balaban J connectivity index is 1.81. The van der Waals surface area contributed by atoms with Gasteiger partial charge in [0.15, 0.2) is 0 Å². The number of ether oxygens (including phenoxy) is 2. The summed E-state index contributed by atoms with van der Waals surface area (Å²) in [6, 6.07) is 17.4. The summed E-state index contributed by atoms with van der Waals surface area (Å²) in [4.78, 5) is 30.2. The molecule has 0 aliphatic rings. The molecule has 0 bridgehead atoms. The van der Waals surface area contributed by atoms with Gasteiger partial charge in [-0.2, -0.15) is 0 Å². The SMILES string of the molecule is COCCCN(CC(=O)N(Cc1cccn1Cc1cccc(OC)c1)C(C)(C)C)C(=O)c1cccc(F)c1. The first-order valence-electron chi connectivity index (χ1n) is 12.7. The maximum atomic E-state index is 13.8. The Morgan fingerprint density at radius 2 is 1.76 bits per heavy atom. The Labute approximate surface area is 224 Å². The summed E-state index contributed by atoms with van der Waals surface area (Å²) < 4.78 is 26.4. The second-order valence-electron chi connectivity index (χ2n) is 10.2. The fourth-order valence-corrected chi connectivity index (χ4v) is 4.28. The van der Waals surface area contributed by atoms with Crippen LogP contribution < -0.4 is 4.74 Å². The largest absolute Gasteiger partial charge is 0.497 e. The van der Waals surface area contributed by atoms with Crippen LogP contribution in [-0.4, -0.2) is 65.6 Å². The first-order valence-corrected chi connectivity index (χ1v) is 12.7. The fraction of sp³-hybridized carbons (Fsp3) is 0.400. The number of benzene rings is 2. The van der Waals surface area contributed by atoms with Crippen molar-refractivity contribution in [3.8, 4) is 5.75 Å². The van der Waals surface area contributed by atoms with Crippen molar-refractivity contribution in [2.24, 2.45) is 0 Å². The highest BCUT2D eigenvalue weighted by molar-refractivity contribution is 5.96. The Morgan fingerprint density at radius 3 is 2.45 bits per heavy atom. The van der Waals surface area contributed by atoms with Gasteiger partial charge < -0.3 is 23.8 Å². The van der Waals surface area contributed by atoms with Gasteiger partial charge in [0.05, 0.1) is 13.7 Å². The van der Waals surface area contributed by atoms with Gasteiger partial charge in [0, 0.05) is 49.8 Å². The standard InChI is InChI=1S/C30H38FN3O4/c1-30(2,3)34(21-26-13-8-15-32(26)20-23-10-6-14-27(18-23)38-5)28(35)22-33(16-9-17-37-4)29(36)24-11-7-12-25(31)19-24/h6-8,10-15,18-19H,9,16-17,20-22H2,1-5H3. The lowest BCUT2D eigenvalue weighted by atomic mass is 10.0. The summed E-state index contributed by atoms with van der Waals surface area (Å²) in [6.45, 7) is 7.58. The molecular formula is C30H38FN3O4. The fourth-order valence-electron chi connectivity index (χ4n) is 4.28. The lowest BCUT2D eigenvalue weighted by Gasteiger charge is -2.37. The van der Waals surface area contributed by atoms with Crippen LogP contribution in [-0.2, 0) is 22.6 Å². The number of hydrogen-bond acceptors (Lipinski definition) is 4. The maximum absolute atomic E-state index is 13.8.